The van der Waals surface area contributed by atoms with E-state index in [2.05, 4.69) is 33.4 Å². The Kier molecular flexibility index (Phi) is 5.20. The third-order valence-electron chi connectivity index (χ3n) is 5.55. The van der Waals surface area contributed by atoms with Crippen LogP contribution in [-0.4, -0.2) is 26.7 Å². The van der Waals surface area contributed by atoms with E-state index in [-0.39, 0.29) is 0 Å². The normalized spacial score (nSPS) is 13.9. The van der Waals surface area contributed by atoms with Crippen molar-refractivity contribution in [2.24, 2.45) is 5.92 Å². The van der Waals surface area contributed by atoms with Crippen molar-refractivity contribution in [3.05, 3.63) is 40.8 Å². The first-order valence-electron chi connectivity index (χ1n) is 10.2. The van der Waals surface area contributed by atoms with E-state index < -0.39 is 0 Å². The van der Waals surface area contributed by atoms with Crippen LogP contribution in [0.3, 0.4) is 0 Å². The van der Waals surface area contributed by atoms with E-state index in [0.717, 1.165) is 46.4 Å². The fraction of sp³-hybridized carbons (Fsp3) is 0.500. The Bertz CT molecular complexity index is 990. The van der Waals surface area contributed by atoms with Crippen molar-refractivity contribution >= 4 is 17.3 Å². The lowest BCUT2D eigenvalue weighted by atomic mass is 10.1. The molecule has 3 aromatic rings. The fourth-order valence-corrected chi connectivity index (χ4v) is 3.71. The van der Waals surface area contributed by atoms with E-state index in [1.165, 1.54) is 37.7 Å². The van der Waals surface area contributed by atoms with Crippen molar-refractivity contribution in [1.82, 2.24) is 19.6 Å². The number of anilines is 2. The van der Waals surface area contributed by atoms with E-state index in [1.807, 2.05) is 30.6 Å². The third kappa shape index (κ3) is 3.96. The van der Waals surface area contributed by atoms with Crippen LogP contribution in [0.25, 0.3) is 5.65 Å². The summed E-state index contributed by atoms with van der Waals surface area (Å²) in [5.74, 6) is 3.33. The van der Waals surface area contributed by atoms with Crippen LogP contribution in [0.2, 0.25) is 0 Å². The molecule has 0 spiro atoms. The van der Waals surface area contributed by atoms with E-state index >= 15 is 0 Å². The van der Waals surface area contributed by atoms with Crippen molar-refractivity contribution in [3.63, 3.8) is 0 Å². The molecule has 1 N–H and O–H groups in total. The molecular weight excluding hydrogens is 350 g/mol. The van der Waals surface area contributed by atoms with Gasteiger partial charge in [0.2, 0.25) is 5.95 Å². The van der Waals surface area contributed by atoms with Crippen LogP contribution in [0.1, 0.15) is 54.6 Å². The summed E-state index contributed by atoms with van der Waals surface area (Å²) in [5, 5.41) is 8.02. The minimum atomic E-state index is 0.694. The van der Waals surface area contributed by atoms with Gasteiger partial charge in [-0.3, -0.25) is 0 Å². The van der Waals surface area contributed by atoms with Crippen LogP contribution >= 0.6 is 0 Å². The number of unbranched alkanes of at least 4 members (excludes halogenated alkanes) is 1. The Morgan fingerprint density at radius 2 is 1.93 bits per heavy atom. The van der Waals surface area contributed by atoms with Gasteiger partial charge in [0.25, 0.3) is 0 Å². The van der Waals surface area contributed by atoms with Gasteiger partial charge in [0.15, 0.2) is 5.65 Å². The third-order valence-corrected chi connectivity index (χ3v) is 5.55. The Labute approximate surface area is 166 Å². The Morgan fingerprint density at radius 3 is 2.68 bits per heavy atom. The van der Waals surface area contributed by atoms with Gasteiger partial charge in [-0.25, -0.2) is 4.98 Å². The number of ether oxygens (including phenoxy) is 1. The number of hydrogen-bond acceptors (Lipinski definition) is 5. The van der Waals surface area contributed by atoms with Crippen molar-refractivity contribution in [1.29, 1.82) is 0 Å². The maximum Gasteiger partial charge on any atom is 0.232 e. The number of aryl methyl sites for hydroxylation is 4. The molecule has 6 heteroatoms. The van der Waals surface area contributed by atoms with Crippen LogP contribution in [0.15, 0.2) is 18.3 Å². The zero-order chi connectivity index (χ0) is 19.7. The quantitative estimate of drug-likeness (QED) is 0.563. The lowest BCUT2D eigenvalue weighted by molar-refractivity contribution is 0.411. The highest BCUT2D eigenvalue weighted by atomic mass is 16.5. The molecule has 1 fully saturated rings. The molecule has 0 atom stereocenters. The molecule has 148 valence electrons. The molecule has 6 nitrogen and oxygen atoms in total. The molecule has 0 bridgehead atoms. The van der Waals surface area contributed by atoms with Crippen LogP contribution in [0.4, 0.5) is 11.6 Å². The average molecular weight is 380 g/mol. The summed E-state index contributed by atoms with van der Waals surface area (Å²) in [6.07, 6.45) is 9.69. The first kappa shape index (κ1) is 18.7. The molecule has 1 aliphatic carbocycles. The summed E-state index contributed by atoms with van der Waals surface area (Å²) < 4.78 is 7.24. The number of rotatable bonds is 8. The molecule has 0 aliphatic heterocycles. The average Bonchev–Trinajstić information content (AvgIpc) is 3.41. The van der Waals surface area contributed by atoms with E-state index in [1.54, 1.807) is 7.11 Å². The molecule has 0 saturated heterocycles. The van der Waals surface area contributed by atoms with Gasteiger partial charge in [0, 0.05) is 11.3 Å². The molecule has 2 heterocycles. The monoisotopic (exact) mass is 379 g/mol. The van der Waals surface area contributed by atoms with Gasteiger partial charge in [0.1, 0.15) is 11.6 Å². The SMILES string of the molecule is COc1cc(C)c(Nc2nc(C)nc3c(CCCCC4CC4)cnn23)cc1C. The molecule has 0 unspecified atom stereocenters. The van der Waals surface area contributed by atoms with Gasteiger partial charge >= 0.3 is 0 Å². The number of aromatic nitrogens is 4. The van der Waals surface area contributed by atoms with Crippen LogP contribution in [0, 0.1) is 26.7 Å². The molecule has 0 amide bonds. The smallest absolute Gasteiger partial charge is 0.232 e. The molecule has 2 aromatic heterocycles. The van der Waals surface area contributed by atoms with Gasteiger partial charge in [-0.1, -0.05) is 25.7 Å². The zero-order valence-electron chi connectivity index (χ0n) is 17.2. The minimum Gasteiger partial charge on any atom is -0.496 e. The number of nitrogens with zero attached hydrogens (tertiary/aromatic N) is 4. The van der Waals surface area contributed by atoms with Crippen LogP contribution < -0.4 is 10.1 Å². The predicted molar refractivity (Wildman–Crippen MR) is 112 cm³/mol. The second-order valence-electron chi connectivity index (χ2n) is 7.95. The topological polar surface area (TPSA) is 64.3 Å². The van der Waals surface area contributed by atoms with Gasteiger partial charge in [-0.05, 0) is 62.8 Å². The number of benzene rings is 1. The summed E-state index contributed by atoms with van der Waals surface area (Å²) in [7, 11) is 1.70. The highest BCUT2D eigenvalue weighted by Gasteiger charge is 2.20. The number of hydrogen-bond donors (Lipinski definition) is 1. The number of fused-ring (bicyclic) bond motifs is 1. The zero-order valence-corrected chi connectivity index (χ0v) is 17.2. The van der Waals surface area contributed by atoms with Gasteiger partial charge in [0.05, 0.1) is 13.3 Å². The highest BCUT2D eigenvalue weighted by molar-refractivity contribution is 5.64. The maximum atomic E-state index is 5.42. The largest absolute Gasteiger partial charge is 0.496 e. The van der Waals surface area contributed by atoms with Crippen LogP contribution in [-0.2, 0) is 6.42 Å². The second-order valence-corrected chi connectivity index (χ2v) is 7.95. The first-order chi connectivity index (χ1) is 13.5. The molecule has 1 aliphatic rings. The van der Waals surface area contributed by atoms with Crippen molar-refractivity contribution < 1.29 is 4.74 Å². The summed E-state index contributed by atoms with van der Waals surface area (Å²) in [6.45, 7) is 6.03. The molecule has 0 radical (unpaired) electrons. The first-order valence-corrected chi connectivity index (χ1v) is 10.2. The van der Waals surface area contributed by atoms with Crippen molar-refractivity contribution in [3.8, 4) is 5.75 Å². The summed E-state index contributed by atoms with van der Waals surface area (Å²) >= 11 is 0. The standard InChI is InChI=1S/C22H29N5O/c1-14-12-20(28-4)15(2)11-19(14)26-22-25-16(3)24-21-18(13-23-27(21)22)8-6-5-7-17-9-10-17/h11-13,17H,5-10H2,1-4H3,(H,24,25,26). The minimum absolute atomic E-state index is 0.694. The fourth-order valence-electron chi connectivity index (χ4n) is 3.71. The van der Waals surface area contributed by atoms with E-state index in [9.17, 15) is 0 Å². The maximum absolute atomic E-state index is 5.42. The van der Waals surface area contributed by atoms with E-state index in [4.69, 9.17) is 4.74 Å². The van der Waals surface area contributed by atoms with Crippen LogP contribution in [0.5, 0.6) is 5.75 Å². The molecular formula is C22H29N5O. The Hall–Kier alpha value is -2.63. The summed E-state index contributed by atoms with van der Waals surface area (Å²) in [6, 6.07) is 4.12. The Balaban J connectivity index is 1.58. The Morgan fingerprint density at radius 1 is 1.11 bits per heavy atom. The second kappa shape index (κ2) is 7.78. The lowest BCUT2D eigenvalue weighted by Crippen LogP contribution is -2.07. The molecule has 1 aromatic carbocycles. The van der Waals surface area contributed by atoms with Gasteiger partial charge in [-0.2, -0.15) is 14.6 Å². The van der Waals surface area contributed by atoms with Gasteiger partial charge < -0.3 is 10.1 Å². The summed E-state index contributed by atoms with van der Waals surface area (Å²) in [5.41, 5.74) is 5.28. The number of nitrogens with one attached hydrogen (secondary N) is 1. The highest BCUT2D eigenvalue weighted by Crippen LogP contribution is 2.34. The summed E-state index contributed by atoms with van der Waals surface area (Å²) in [4.78, 5) is 9.26. The van der Waals surface area contributed by atoms with Crippen molar-refractivity contribution in [2.45, 2.75) is 59.3 Å². The van der Waals surface area contributed by atoms with E-state index in [0.29, 0.717) is 5.95 Å². The number of methoxy groups -OCH3 is 1. The molecule has 28 heavy (non-hydrogen) atoms. The predicted octanol–water partition coefficient (Wildman–Crippen LogP) is 4.92. The molecule has 4 rings (SSSR count). The lowest BCUT2D eigenvalue weighted by Gasteiger charge is -2.14. The van der Waals surface area contributed by atoms with Gasteiger partial charge in [-0.15, -0.1) is 0 Å². The molecule has 1 saturated carbocycles. The van der Waals surface area contributed by atoms with Crippen molar-refractivity contribution in [2.75, 3.05) is 12.4 Å².